The van der Waals surface area contributed by atoms with Crippen molar-refractivity contribution in [3.63, 3.8) is 0 Å². The molecular weight excluding hydrogens is 362 g/mol. The van der Waals surface area contributed by atoms with Crippen LogP contribution in [0.3, 0.4) is 0 Å². The minimum atomic E-state index is -0.288. The van der Waals surface area contributed by atoms with Gasteiger partial charge >= 0.3 is 0 Å². The molecule has 0 aliphatic carbocycles. The first kappa shape index (κ1) is 18.7. The Kier molecular flexibility index (Phi) is 5.93. The van der Waals surface area contributed by atoms with E-state index in [-0.39, 0.29) is 18.0 Å². The Hall–Kier alpha value is -3.06. The molecule has 0 saturated carbocycles. The molecule has 1 aromatic heterocycles. The highest BCUT2D eigenvalue weighted by Gasteiger charge is 2.09. The summed E-state index contributed by atoms with van der Waals surface area (Å²) in [6.07, 6.45) is 3.33. The minimum absolute atomic E-state index is 0.0998. The van der Waals surface area contributed by atoms with Crippen LogP contribution in [-0.4, -0.2) is 28.8 Å². The molecule has 0 radical (unpaired) electrons. The highest BCUT2D eigenvalue weighted by molar-refractivity contribution is 7.98. The van der Waals surface area contributed by atoms with Gasteiger partial charge in [-0.2, -0.15) is 0 Å². The SMILES string of the molecule is COc1ccc(-c2cc(=O)n(CC(=O)Nc3ccccc3SC)cn2)cc1. The minimum Gasteiger partial charge on any atom is -0.497 e. The van der Waals surface area contributed by atoms with Gasteiger partial charge in [-0.15, -0.1) is 11.8 Å². The zero-order valence-corrected chi connectivity index (χ0v) is 15.8. The highest BCUT2D eigenvalue weighted by Crippen LogP contribution is 2.24. The van der Waals surface area contributed by atoms with Gasteiger partial charge in [0.25, 0.3) is 5.56 Å². The summed E-state index contributed by atoms with van der Waals surface area (Å²) >= 11 is 1.54. The van der Waals surface area contributed by atoms with Crippen LogP contribution < -0.4 is 15.6 Å². The van der Waals surface area contributed by atoms with Gasteiger partial charge in [0, 0.05) is 16.5 Å². The maximum absolute atomic E-state index is 12.4. The molecule has 0 unspecified atom stereocenters. The first-order valence-corrected chi connectivity index (χ1v) is 9.47. The van der Waals surface area contributed by atoms with Crippen molar-refractivity contribution in [1.29, 1.82) is 0 Å². The van der Waals surface area contributed by atoms with Crippen LogP contribution in [0.5, 0.6) is 5.75 Å². The van der Waals surface area contributed by atoms with Crippen molar-refractivity contribution in [1.82, 2.24) is 9.55 Å². The molecule has 3 rings (SSSR count). The molecule has 27 heavy (non-hydrogen) atoms. The standard InChI is InChI=1S/C20H19N3O3S/c1-26-15-9-7-14(8-10-15)17-11-20(25)23(13-21-17)12-19(24)22-16-5-3-4-6-18(16)27-2/h3-11,13H,12H2,1-2H3,(H,22,24). The van der Waals surface area contributed by atoms with Crippen LogP contribution >= 0.6 is 11.8 Å². The van der Waals surface area contributed by atoms with Gasteiger partial charge in [-0.3, -0.25) is 14.2 Å². The van der Waals surface area contributed by atoms with Gasteiger partial charge in [0.05, 0.1) is 24.8 Å². The lowest BCUT2D eigenvalue weighted by molar-refractivity contribution is -0.116. The second-order valence-corrected chi connectivity index (χ2v) is 6.57. The summed E-state index contributed by atoms with van der Waals surface area (Å²) in [5.41, 5.74) is 1.79. The van der Waals surface area contributed by atoms with Crippen LogP contribution in [0, 0.1) is 0 Å². The fourth-order valence-electron chi connectivity index (χ4n) is 2.56. The number of ether oxygens (including phenoxy) is 1. The number of para-hydroxylation sites is 1. The number of benzene rings is 2. The van der Waals surface area contributed by atoms with Crippen LogP contribution in [0.25, 0.3) is 11.3 Å². The number of rotatable bonds is 6. The second-order valence-electron chi connectivity index (χ2n) is 5.72. The monoisotopic (exact) mass is 381 g/mol. The lowest BCUT2D eigenvalue weighted by atomic mass is 10.1. The van der Waals surface area contributed by atoms with E-state index in [1.807, 2.05) is 42.7 Å². The Morgan fingerprint density at radius 2 is 1.93 bits per heavy atom. The van der Waals surface area contributed by atoms with Crippen LogP contribution in [0.15, 0.2) is 70.6 Å². The zero-order chi connectivity index (χ0) is 19.2. The number of carbonyl (C=O) groups is 1. The van der Waals surface area contributed by atoms with Crippen molar-refractivity contribution in [2.24, 2.45) is 0 Å². The molecule has 0 atom stereocenters. The Morgan fingerprint density at radius 3 is 2.59 bits per heavy atom. The number of carbonyl (C=O) groups excluding carboxylic acids is 1. The summed E-state index contributed by atoms with van der Waals surface area (Å²) < 4.78 is 6.41. The Balaban J connectivity index is 1.74. The summed E-state index contributed by atoms with van der Waals surface area (Å²) in [6.45, 7) is -0.0998. The molecule has 0 bridgehead atoms. The number of nitrogens with zero attached hydrogens (tertiary/aromatic N) is 2. The largest absolute Gasteiger partial charge is 0.497 e. The van der Waals surface area contributed by atoms with Crippen LogP contribution in [0.1, 0.15) is 0 Å². The van der Waals surface area contributed by atoms with Gasteiger partial charge in [0.15, 0.2) is 0 Å². The van der Waals surface area contributed by atoms with Gasteiger partial charge in [-0.05, 0) is 42.7 Å². The molecule has 0 fully saturated rings. The van der Waals surface area contributed by atoms with Crippen molar-refractivity contribution in [3.8, 4) is 17.0 Å². The molecule has 1 N–H and O–H groups in total. The van der Waals surface area contributed by atoms with E-state index < -0.39 is 0 Å². The number of hydrogen-bond acceptors (Lipinski definition) is 5. The van der Waals surface area contributed by atoms with Crippen LogP contribution in [-0.2, 0) is 11.3 Å². The molecule has 1 amide bonds. The van der Waals surface area contributed by atoms with E-state index in [0.717, 1.165) is 21.9 Å². The zero-order valence-electron chi connectivity index (χ0n) is 15.0. The van der Waals surface area contributed by atoms with Crippen LogP contribution in [0.2, 0.25) is 0 Å². The fraction of sp³-hybridized carbons (Fsp3) is 0.150. The number of methoxy groups -OCH3 is 1. The third-order valence-corrected chi connectivity index (χ3v) is 4.76. The van der Waals surface area contributed by atoms with Crippen LogP contribution in [0.4, 0.5) is 5.69 Å². The molecular formula is C20H19N3O3S. The normalized spacial score (nSPS) is 10.4. The number of thioether (sulfide) groups is 1. The third-order valence-electron chi connectivity index (χ3n) is 3.96. The van der Waals surface area contributed by atoms with E-state index >= 15 is 0 Å². The van der Waals surface area contributed by atoms with Gasteiger partial charge in [-0.25, -0.2) is 4.98 Å². The maximum atomic E-state index is 12.4. The molecule has 6 nitrogen and oxygen atoms in total. The molecule has 2 aromatic carbocycles. The van der Waals surface area contributed by atoms with E-state index in [4.69, 9.17) is 4.74 Å². The summed E-state index contributed by atoms with van der Waals surface area (Å²) in [6, 6.07) is 16.2. The quantitative estimate of drug-likeness (QED) is 0.664. The lowest BCUT2D eigenvalue weighted by Crippen LogP contribution is -2.27. The Bertz CT molecular complexity index is 1000. The summed E-state index contributed by atoms with van der Waals surface area (Å²) in [5.74, 6) is 0.451. The Morgan fingerprint density at radius 1 is 1.19 bits per heavy atom. The molecule has 0 aliphatic heterocycles. The topological polar surface area (TPSA) is 73.2 Å². The van der Waals surface area contributed by atoms with Crippen molar-refractivity contribution >= 4 is 23.4 Å². The maximum Gasteiger partial charge on any atom is 0.254 e. The van der Waals surface area contributed by atoms with Crippen molar-refractivity contribution in [3.05, 3.63) is 71.3 Å². The van der Waals surface area contributed by atoms with Crippen molar-refractivity contribution < 1.29 is 9.53 Å². The molecule has 0 aliphatic rings. The van der Waals surface area contributed by atoms with Gasteiger partial charge in [0.2, 0.25) is 5.91 Å². The number of amides is 1. The van der Waals surface area contributed by atoms with Gasteiger partial charge in [0.1, 0.15) is 12.3 Å². The van der Waals surface area contributed by atoms with Gasteiger partial charge < -0.3 is 10.1 Å². The smallest absolute Gasteiger partial charge is 0.254 e. The van der Waals surface area contributed by atoms with Gasteiger partial charge in [-0.1, -0.05) is 12.1 Å². The van der Waals surface area contributed by atoms with E-state index in [9.17, 15) is 9.59 Å². The first-order chi connectivity index (χ1) is 13.1. The predicted molar refractivity (Wildman–Crippen MR) is 107 cm³/mol. The average Bonchev–Trinajstić information content (AvgIpc) is 2.70. The molecule has 0 spiro atoms. The summed E-state index contributed by atoms with van der Waals surface area (Å²) in [7, 11) is 1.59. The highest BCUT2D eigenvalue weighted by atomic mass is 32.2. The fourth-order valence-corrected chi connectivity index (χ4v) is 3.11. The number of nitrogens with one attached hydrogen (secondary N) is 1. The molecule has 3 aromatic rings. The average molecular weight is 381 g/mol. The van der Waals surface area contributed by atoms with E-state index in [0.29, 0.717) is 5.69 Å². The lowest BCUT2D eigenvalue weighted by Gasteiger charge is -2.10. The predicted octanol–water partition coefficient (Wildman–Crippen LogP) is 3.28. The number of anilines is 1. The summed E-state index contributed by atoms with van der Waals surface area (Å²) in [4.78, 5) is 29.9. The summed E-state index contributed by atoms with van der Waals surface area (Å²) in [5, 5.41) is 2.83. The first-order valence-electron chi connectivity index (χ1n) is 8.24. The molecule has 1 heterocycles. The van der Waals surface area contributed by atoms with E-state index in [1.54, 1.807) is 31.0 Å². The molecule has 0 saturated heterocycles. The second kappa shape index (κ2) is 8.55. The van der Waals surface area contributed by atoms with E-state index in [1.165, 1.54) is 17.0 Å². The van der Waals surface area contributed by atoms with Crippen molar-refractivity contribution in [2.75, 3.05) is 18.7 Å². The third kappa shape index (κ3) is 4.57. The number of aromatic nitrogens is 2. The van der Waals surface area contributed by atoms with Crippen molar-refractivity contribution in [2.45, 2.75) is 11.4 Å². The molecule has 138 valence electrons. The Labute approximate surface area is 161 Å². The number of hydrogen-bond donors (Lipinski definition) is 1. The molecule has 7 heteroatoms. The van der Waals surface area contributed by atoms with E-state index in [2.05, 4.69) is 10.3 Å².